The van der Waals surface area contributed by atoms with Gasteiger partial charge in [-0.15, -0.1) is 0 Å². The minimum Gasteiger partial charge on any atom is -0.497 e. The van der Waals surface area contributed by atoms with Crippen molar-refractivity contribution in [1.82, 2.24) is 9.80 Å². The Morgan fingerprint density at radius 3 is 2.44 bits per heavy atom. The molecule has 2 saturated heterocycles. The van der Waals surface area contributed by atoms with Gasteiger partial charge in [-0.3, -0.25) is 9.69 Å². The van der Waals surface area contributed by atoms with E-state index in [-0.39, 0.29) is 31.1 Å². The molecular weight excluding hydrogens is 336 g/mol. The number of piperidine rings is 1. The maximum Gasteiger partial charge on any atom is 0.251 e. The number of rotatable bonds is 4. The number of methoxy groups -OCH3 is 1. The van der Waals surface area contributed by atoms with E-state index in [1.807, 2.05) is 30.9 Å². The Labute approximate surface area is 157 Å². The van der Waals surface area contributed by atoms with E-state index < -0.39 is 0 Å². The van der Waals surface area contributed by atoms with Crippen molar-refractivity contribution in [2.75, 3.05) is 33.3 Å². The quantitative estimate of drug-likeness (QED) is 0.821. The van der Waals surface area contributed by atoms with Gasteiger partial charge in [0, 0.05) is 32.7 Å². The summed E-state index contributed by atoms with van der Waals surface area (Å²) in [5, 5.41) is 0. The van der Waals surface area contributed by atoms with E-state index in [1.165, 1.54) is 5.56 Å². The number of nitrogens with zero attached hydrogens (tertiary/aromatic N) is 2. The van der Waals surface area contributed by atoms with Crippen molar-refractivity contribution in [3.8, 4) is 5.75 Å². The number of hydrogen-bond donors (Lipinski definition) is 0. The third-order valence-electron chi connectivity index (χ3n) is 5.28. The Hall–Kier alpha value is -1.24. The molecule has 0 unspecified atom stereocenters. The van der Waals surface area contributed by atoms with Crippen LogP contribution in [-0.2, 0) is 16.1 Å². The van der Waals surface area contributed by atoms with Gasteiger partial charge in [0.05, 0.1) is 12.7 Å². The lowest BCUT2D eigenvalue weighted by Crippen LogP contribution is -2.61. The highest BCUT2D eigenvalue weighted by molar-refractivity contribution is 7.59. The molecule has 0 aromatic heterocycles. The Balaban J connectivity index is 0.00000225. The zero-order valence-electron chi connectivity index (χ0n) is 15.5. The van der Waals surface area contributed by atoms with Crippen molar-refractivity contribution in [3.63, 3.8) is 0 Å². The first-order valence-electron chi connectivity index (χ1n) is 8.87. The predicted octanol–water partition coefficient (Wildman–Crippen LogP) is 2.41. The van der Waals surface area contributed by atoms with Crippen molar-refractivity contribution in [2.45, 2.75) is 44.9 Å². The van der Waals surface area contributed by atoms with Crippen molar-refractivity contribution in [2.24, 2.45) is 0 Å². The van der Waals surface area contributed by atoms with Gasteiger partial charge in [0.2, 0.25) is 0 Å². The van der Waals surface area contributed by atoms with Crippen molar-refractivity contribution >= 4 is 19.4 Å². The molecule has 6 heteroatoms. The molecular formula is C19H30N2O3S. The monoisotopic (exact) mass is 366 g/mol. The Morgan fingerprint density at radius 1 is 1.24 bits per heavy atom. The highest BCUT2D eigenvalue weighted by Gasteiger charge is 2.44. The van der Waals surface area contributed by atoms with Gasteiger partial charge in [0.25, 0.3) is 5.91 Å². The number of morpholine rings is 1. The lowest BCUT2D eigenvalue weighted by Gasteiger charge is -2.49. The second kappa shape index (κ2) is 8.43. The summed E-state index contributed by atoms with van der Waals surface area (Å²) in [7, 11) is 1.69. The molecule has 3 rings (SSSR count). The number of likely N-dealkylation sites (N-methyl/N-ethyl adjacent to an activating group) is 1. The zero-order chi connectivity index (χ0) is 17.2. The molecule has 2 fully saturated rings. The van der Waals surface area contributed by atoms with Crippen LogP contribution in [0.2, 0.25) is 0 Å². The minimum atomic E-state index is -0.313. The van der Waals surface area contributed by atoms with Crippen LogP contribution in [0.15, 0.2) is 24.3 Å². The number of amides is 1. The first-order valence-corrected chi connectivity index (χ1v) is 8.87. The summed E-state index contributed by atoms with van der Waals surface area (Å²) >= 11 is 0. The van der Waals surface area contributed by atoms with Gasteiger partial charge >= 0.3 is 0 Å². The largest absolute Gasteiger partial charge is 0.497 e. The van der Waals surface area contributed by atoms with E-state index in [2.05, 4.69) is 17.0 Å². The molecule has 2 aliphatic heterocycles. The number of benzene rings is 1. The van der Waals surface area contributed by atoms with Crippen LogP contribution in [0, 0.1) is 0 Å². The van der Waals surface area contributed by atoms with Gasteiger partial charge in [-0.1, -0.05) is 12.1 Å². The summed E-state index contributed by atoms with van der Waals surface area (Å²) in [5.41, 5.74) is 1.15. The highest BCUT2D eigenvalue weighted by atomic mass is 32.1. The summed E-state index contributed by atoms with van der Waals surface area (Å²) in [6, 6.07) is 8.27. The van der Waals surface area contributed by atoms with Crippen LogP contribution in [0.5, 0.6) is 5.75 Å². The molecule has 1 spiro atoms. The topological polar surface area (TPSA) is 42.0 Å². The average molecular weight is 367 g/mol. The Bertz CT molecular complexity index is 571. The molecule has 0 aliphatic carbocycles. The second-order valence-corrected chi connectivity index (χ2v) is 6.92. The van der Waals surface area contributed by atoms with Gasteiger partial charge in [0.1, 0.15) is 11.9 Å². The maximum absolute atomic E-state index is 12.1. The van der Waals surface area contributed by atoms with Gasteiger partial charge in [0.15, 0.2) is 0 Å². The lowest BCUT2D eigenvalue weighted by molar-refractivity contribution is -0.189. The van der Waals surface area contributed by atoms with Crippen LogP contribution in [0.3, 0.4) is 0 Å². The summed E-state index contributed by atoms with van der Waals surface area (Å²) in [4.78, 5) is 16.5. The van der Waals surface area contributed by atoms with Gasteiger partial charge in [-0.25, -0.2) is 0 Å². The molecule has 0 N–H and O–H groups in total. The maximum atomic E-state index is 12.1. The molecule has 25 heavy (non-hydrogen) atoms. The minimum absolute atomic E-state index is 0. The molecule has 2 heterocycles. The number of hydrogen-bond acceptors (Lipinski definition) is 4. The summed E-state index contributed by atoms with van der Waals surface area (Å²) < 4.78 is 11.4. The summed E-state index contributed by atoms with van der Waals surface area (Å²) in [5.74, 6) is 1.02. The van der Waals surface area contributed by atoms with Crippen LogP contribution in [0.1, 0.15) is 32.3 Å². The third kappa shape index (κ3) is 4.49. The Morgan fingerprint density at radius 2 is 1.88 bits per heavy atom. The summed E-state index contributed by atoms with van der Waals surface area (Å²) in [6.45, 7) is 8.39. The van der Waals surface area contributed by atoms with Crippen LogP contribution >= 0.6 is 13.5 Å². The number of likely N-dealkylation sites (tertiary alicyclic amines) is 1. The number of carbonyl (C=O) groups excluding carboxylic acids is 1. The lowest BCUT2D eigenvalue weighted by atomic mass is 9.88. The van der Waals surface area contributed by atoms with Crippen LogP contribution in [0.4, 0.5) is 0 Å². The smallest absolute Gasteiger partial charge is 0.251 e. The van der Waals surface area contributed by atoms with E-state index >= 15 is 0 Å². The molecule has 0 radical (unpaired) electrons. The van der Waals surface area contributed by atoms with Crippen LogP contribution in [0.25, 0.3) is 0 Å². The van der Waals surface area contributed by atoms with E-state index in [0.29, 0.717) is 0 Å². The molecule has 1 atom stereocenters. The first kappa shape index (κ1) is 20.1. The SMILES string of the molecule is CCN1CC2(CCN(Cc3ccc(OC)cc3)CC2)O[C@@H](C)C1=O.S. The highest BCUT2D eigenvalue weighted by Crippen LogP contribution is 2.33. The summed E-state index contributed by atoms with van der Waals surface area (Å²) in [6.07, 6.45) is 1.65. The first-order chi connectivity index (χ1) is 11.5. The molecule has 1 amide bonds. The standard InChI is InChI=1S/C19H28N2O3.H2S/c1-4-21-14-19(24-15(2)18(21)22)9-11-20(12-10-19)13-16-5-7-17(23-3)8-6-16;/h5-8,15H,4,9-14H2,1-3H3;1H2/t15-;/m0./s1. The predicted molar refractivity (Wildman–Crippen MR) is 103 cm³/mol. The molecule has 2 aliphatic rings. The molecule has 140 valence electrons. The Kier molecular flexibility index (Phi) is 6.77. The molecule has 5 nitrogen and oxygen atoms in total. The fourth-order valence-corrected chi connectivity index (χ4v) is 3.80. The number of carbonyl (C=O) groups is 1. The van der Waals surface area contributed by atoms with Crippen molar-refractivity contribution in [3.05, 3.63) is 29.8 Å². The molecule has 1 aromatic rings. The van der Waals surface area contributed by atoms with E-state index in [4.69, 9.17) is 9.47 Å². The second-order valence-electron chi connectivity index (χ2n) is 6.92. The molecule has 1 aromatic carbocycles. The van der Waals surface area contributed by atoms with E-state index in [1.54, 1.807) is 7.11 Å². The van der Waals surface area contributed by atoms with Gasteiger partial charge in [-0.05, 0) is 44.4 Å². The fraction of sp³-hybridized carbons (Fsp3) is 0.632. The fourth-order valence-electron chi connectivity index (χ4n) is 3.80. The van der Waals surface area contributed by atoms with Gasteiger partial charge < -0.3 is 14.4 Å². The van der Waals surface area contributed by atoms with Crippen molar-refractivity contribution in [1.29, 1.82) is 0 Å². The van der Waals surface area contributed by atoms with Crippen LogP contribution < -0.4 is 4.74 Å². The van der Waals surface area contributed by atoms with Crippen LogP contribution in [-0.4, -0.2) is 60.7 Å². The number of ether oxygens (including phenoxy) is 2. The molecule has 0 bridgehead atoms. The van der Waals surface area contributed by atoms with E-state index in [9.17, 15) is 4.79 Å². The normalized spacial score (nSPS) is 23.4. The van der Waals surface area contributed by atoms with Crippen molar-refractivity contribution < 1.29 is 14.3 Å². The van der Waals surface area contributed by atoms with Gasteiger partial charge in [-0.2, -0.15) is 13.5 Å². The zero-order valence-corrected chi connectivity index (χ0v) is 16.5. The third-order valence-corrected chi connectivity index (χ3v) is 5.28. The average Bonchev–Trinajstić information content (AvgIpc) is 2.61. The van der Waals surface area contributed by atoms with E-state index in [0.717, 1.165) is 51.3 Å². The molecule has 0 saturated carbocycles.